The van der Waals surface area contributed by atoms with Crippen LogP contribution in [0.3, 0.4) is 0 Å². The van der Waals surface area contributed by atoms with E-state index in [1.807, 2.05) is 61.1 Å². The van der Waals surface area contributed by atoms with Gasteiger partial charge in [0.1, 0.15) is 5.69 Å². The van der Waals surface area contributed by atoms with Gasteiger partial charge in [-0.25, -0.2) is 0 Å². The number of fused-ring (bicyclic) bond motifs is 1. The summed E-state index contributed by atoms with van der Waals surface area (Å²) in [6.45, 7) is 0.685. The van der Waals surface area contributed by atoms with Crippen LogP contribution in [0.1, 0.15) is 16.1 Å². The van der Waals surface area contributed by atoms with Crippen molar-refractivity contribution in [3.05, 3.63) is 66.1 Å². The lowest BCUT2D eigenvalue weighted by molar-refractivity contribution is 0.0787. The molecular weight excluding hydrogens is 274 g/mol. The van der Waals surface area contributed by atoms with E-state index in [1.165, 1.54) is 5.56 Å². The van der Waals surface area contributed by atoms with Crippen molar-refractivity contribution >= 4 is 16.8 Å². The Hall–Kier alpha value is -2.62. The van der Waals surface area contributed by atoms with E-state index in [2.05, 4.69) is 4.98 Å². The maximum atomic E-state index is 12.6. The van der Waals surface area contributed by atoms with Gasteiger partial charge in [-0.15, -0.1) is 0 Å². The molecule has 2 aromatic heterocycles. The predicted octanol–water partition coefficient (Wildman–Crippen LogP) is 2.89. The molecule has 3 rings (SSSR count). The van der Waals surface area contributed by atoms with E-state index in [1.54, 1.807) is 17.3 Å². The first-order valence-corrected chi connectivity index (χ1v) is 7.35. The van der Waals surface area contributed by atoms with Gasteiger partial charge in [0.2, 0.25) is 0 Å². The van der Waals surface area contributed by atoms with Gasteiger partial charge in [0.25, 0.3) is 5.91 Å². The maximum absolute atomic E-state index is 12.6. The smallest absolute Gasteiger partial charge is 0.270 e. The molecule has 3 aromatic rings. The van der Waals surface area contributed by atoms with Crippen molar-refractivity contribution < 1.29 is 4.79 Å². The van der Waals surface area contributed by atoms with Crippen molar-refractivity contribution in [2.75, 3.05) is 13.6 Å². The van der Waals surface area contributed by atoms with E-state index in [-0.39, 0.29) is 5.91 Å². The third-order valence-corrected chi connectivity index (χ3v) is 4.00. The Bertz CT molecular complexity index is 792. The standard InChI is InChI=1S/C18H19N3O/c1-20(12-9-14-7-10-19-11-8-14)18(22)17-13-15-5-3-4-6-16(15)21(17)2/h3-8,10-11,13H,9,12H2,1-2H3. The minimum Gasteiger partial charge on any atom is -0.340 e. The van der Waals surface area contributed by atoms with Gasteiger partial charge < -0.3 is 9.47 Å². The molecule has 0 saturated carbocycles. The molecule has 4 nitrogen and oxygen atoms in total. The number of carbonyl (C=O) groups excluding carboxylic acids is 1. The lowest BCUT2D eigenvalue weighted by Crippen LogP contribution is -2.30. The molecule has 0 spiro atoms. The van der Waals surface area contributed by atoms with Crippen molar-refractivity contribution in [3.8, 4) is 0 Å². The second-order valence-corrected chi connectivity index (χ2v) is 5.48. The minimum absolute atomic E-state index is 0.0488. The number of aromatic nitrogens is 2. The van der Waals surface area contributed by atoms with Gasteiger partial charge in [-0.1, -0.05) is 18.2 Å². The Balaban J connectivity index is 1.76. The van der Waals surface area contributed by atoms with Gasteiger partial charge in [-0.05, 0) is 36.2 Å². The molecule has 0 aliphatic carbocycles. The number of carbonyl (C=O) groups is 1. The Morgan fingerprint density at radius 2 is 1.91 bits per heavy atom. The molecule has 0 bridgehead atoms. The number of aryl methyl sites for hydroxylation is 1. The van der Waals surface area contributed by atoms with Gasteiger partial charge in [0.15, 0.2) is 0 Å². The third kappa shape index (κ3) is 2.72. The summed E-state index contributed by atoms with van der Waals surface area (Å²) in [5, 5.41) is 1.09. The summed E-state index contributed by atoms with van der Waals surface area (Å²) in [4.78, 5) is 18.4. The van der Waals surface area contributed by atoms with Crippen molar-refractivity contribution in [3.63, 3.8) is 0 Å². The zero-order chi connectivity index (χ0) is 15.5. The van der Waals surface area contributed by atoms with Gasteiger partial charge in [-0.3, -0.25) is 9.78 Å². The molecule has 112 valence electrons. The Labute approximate surface area is 130 Å². The van der Waals surface area contributed by atoms with Crippen LogP contribution in [-0.2, 0) is 13.5 Å². The molecule has 0 saturated heterocycles. The fourth-order valence-electron chi connectivity index (χ4n) is 2.64. The van der Waals surface area contributed by atoms with Crippen LogP contribution in [0.15, 0.2) is 54.9 Å². The highest BCUT2D eigenvalue weighted by molar-refractivity contribution is 5.98. The number of likely N-dealkylation sites (N-methyl/N-ethyl adjacent to an activating group) is 1. The van der Waals surface area contributed by atoms with E-state index in [4.69, 9.17) is 0 Å². The minimum atomic E-state index is 0.0488. The lowest BCUT2D eigenvalue weighted by Gasteiger charge is -2.17. The van der Waals surface area contributed by atoms with Gasteiger partial charge >= 0.3 is 0 Å². The highest BCUT2D eigenvalue weighted by Gasteiger charge is 2.16. The number of rotatable bonds is 4. The van der Waals surface area contributed by atoms with Crippen molar-refractivity contribution in [1.82, 2.24) is 14.5 Å². The normalized spacial score (nSPS) is 10.8. The molecule has 0 fully saturated rings. The average Bonchev–Trinajstić information content (AvgIpc) is 2.90. The van der Waals surface area contributed by atoms with Crippen molar-refractivity contribution in [2.45, 2.75) is 6.42 Å². The zero-order valence-corrected chi connectivity index (χ0v) is 12.9. The Kier molecular flexibility index (Phi) is 3.92. The summed E-state index contributed by atoms with van der Waals surface area (Å²) in [6, 6.07) is 14.0. The highest BCUT2D eigenvalue weighted by Crippen LogP contribution is 2.19. The van der Waals surface area contributed by atoms with Crippen molar-refractivity contribution in [1.29, 1.82) is 0 Å². The number of benzene rings is 1. The molecular formula is C18H19N3O. The lowest BCUT2D eigenvalue weighted by atomic mass is 10.2. The second-order valence-electron chi connectivity index (χ2n) is 5.48. The molecule has 0 radical (unpaired) electrons. The number of hydrogen-bond acceptors (Lipinski definition) is 2. The monoisotopic (exact) mass is 293 g/mol. The van der Waals surface area contributed by atoms with E-state index >= 15 is 0 Å². The molecule has 0 unspecified atom stereocenters. The Morgan fingerprint density at radius 3 is 2.64 bits per heavy atom. The molecule has 0 atom stereocenters. The molecule has 4 heteroatoms. The molecule has 1 aromatic carbocycles. The summed E-state index contributed by atoms with van der Waals surface area (Å²) in [5.74, 6) is 0.0488. The largest absolute Gasteiger partial charge is 0.340 e. The van der Waals surface area contributed by atoms with E-state index in [9.17, 15) is 4.79 Å². The van der Waals surface area contributed by atoms with Gasteiger partial charge in [-0.2, -0.15) is 0 Å². The molecule has 0 N–H and O–H groups in total. The van der Waals surface area contributed by atoms with E-state index in [0.29, 0.717) is 6.54 Å². The Morgan fingerprint density at radius 1 is 1.18 bits per heavy atom. The average molecular weight is 293 g/mol. The van der Waals surface area contributed by atoms with Crippen LogP contribution in [0.25, 0.3) is 10.9 Å². The molecule has 2 heterocycles. The topological polar surface area (TPSA) is 38.1 Å². The number of pyridine rings is 1. The zero-order valence-electron chi connectivity index (χ0n) is 12.9. The fraction of sp³-hybridized carbons (Fsp3) is 0.222. The predicted molar refractivity (Wildman–Crippen MR) is 87.8 cm³/mol. The van der Waals surface area contributed by atoms with Crippen LogP contribution in [0.2, 0.25) is 0 Å². The van der Waals surface area contributed by atoms with Crippen LogP contribution in [0, 0.1) is 0 Å². The number of amides is 1. The molecule has 0 aliphatic rings. The third-order valence-electron chi connectivity index (χ3n) is 4.00. The molecule has 22 heavy (non-hydrogen) atoms. The van der Waals surface area contributed by atoms with E-state index < -0.39 is 0 Å². The second kappa shape index (κ2) is 6.02. The number of nitrogens with zero attached hydrogens (tertiary/aromatic N) is 3. The highest BCUT2D eigenvalue weighted by atomic mass is 16.2. The van der Waals surface area contributed by atoms with Gasteiger partial charge in [0, 0.05) is 43.9 Å². The van der Waals surface area contributed by atoms with Crippen LogP contribution in [0.5, 0.6) is 0 Å². The van der Waals surface area contributed by atoms with E-state index in [0.717, 1.165) is 23.0 Å². The maximum Gasteiger partial charge on any atom is 0.270 e. The summed E-state index contributed by atoms with van der Waals surface area (Å²) >= 11 is 0. The molecule has 0 aliphatic heterocycles. The number of hydrogen-bond donors (Lipinski definition) is 0. The first kappa shape index (κ1) is 14.3. The number of para-hydroxylation sites is 1. The summed E-state index contributed by atoms with van der Waals surface area (Å²) < 4.78 is 1.96. The molecule has 1 amide bonds. The summed E-state index contributed by atoms with van der Waals surface area (Å²) in [7, 11) is 3.79. The first-order valence-electron chi connectivity index (χ1n) is 7.35. The first-order chi connectivity index (χ1) is 10.7. The van der Waals surface area contributed by atoms with Crippen molar-refractivity contribution in [2.24, 2.45) is 7.05 Å². The fourth-order valence-corrected chi connectivity index (χ4v) is 2.64. The van der Waals surface area contributed by atoms with Crippen LogP contribution in [0.4, 0.5) is 0 Å². The summed E-state index contributed by atoms with van der Waals surface area (Å²) in [5.41, 5.74) is 2.98. The van der Waals surface area contributed by atoms with Crippen LogP contribution in [-0.4, -0.2) is 34.0 Å². The van der Waals surface area contributed by atoms with Gasteiger partial charge in [0.05, 0.1) is 0 Å². The van der Waals surface area contributed by atoms with Crippen LogP contribution < -0.4 is 0 Å². The SMILES string of the molecule is CN(CCc1ccncc1)C(=O)c1cc2ccccc2n1C. The van der Waals surface area contributed by atoms with Crippen LogP contribution >= 0.6 is 0 Å². The summed E-state index contributed by atoms with van der Waals surface area (Å²) in [6.07, 6.45) is 4.39. The quantitative estimate of drug-likeness (QED) is 0.742.